The Morgan fingerprint density at radius 3 is 1.52 bits per heavy atom. The van der Waals surface area contributed by atoms with Crippen molar-refractivity contribution in [1.29, 1.82) is 0 Å². The largest absolute Gasteiger partial charge is 0.472 e. The summed E-state index contributed by atoms with van der Waals surface area (Å²) in [5.41, 5.74) is 0. The predicted octanol–water partition coefficient (Wildman–Crippen LogP) is 8.53. The number of ether oxygens (including phenoxy) is 2. The highest BCUT2D eigenvalue weighted by molar-refractivity contribution is 7.47. The van der Waals surface area contributed by atoms with Crippen molar-refractivity contribution in [2.75, 3.05) is 19.8 Å². The molecule has 13 heteroatoms. The third-order valence-corrected chi connectivity index (χ3v) is 11.3. The van der Waals surface area contributed by atoms with Gasteiger partial charge in [-0.3, -0.25) is 13.8 Å². The van der Waals surface area contributed by atoms with Crippen molar-refractivity contribution in [3.8, 4) is 0 Å². The number of carbonyl (C=O) groups is 1. The molecule has 0 radical (unpaired) electrons. The Labute approximate surface area is 339 Å². The molecule has 12 nitrogen and oxygen atoms in total. The van der Waals surface area contributed by atoms with Crippen molar-refractivity contribution in [2.45, 2.75) is 224 Å². The summed E-state index contributed by atoms with van der Waals surface area (Å²) in [5.74, 6) is -0.481. The molecular formula is C43H81O12P. The fraction of sp³-hybridized carbons (Fsp3) is 0.884. The molecule has 0 heterocycles. The lowest BCUT2D eigenvalue weighted by atomic mass is 9.85. The van der Waals surface area contributed by atoms with E-state index in [-0.39, 0.29) is 13.0 Å². The van der Waals surface area contributed by atoms with E-state index in [4.69, 9.17) is 18.5 Å². The van der Waals surface area contributed by atoms with Gasteiger partial charge in [-0.15, -0.1) is 0 Å². The highest BCUT2D eigenvalue weighted by atomic mass is 31.2. The lowest BCUT2D eigenvalue weighted by molar-refractivity contribution is -0.220. The SMILES string of the molecule is CCCCCC/C=C\C/C=C\CCCCCCCCOCC(COP(=O)(O)OC1C(O)C(O)C(O)C(O)C1O)OC(=O)CCCCCCCCCCCCCC. The van der Waals surface area contributed by atoms with Gasteiger partial charge in [0.05, 0.1) is 13.2 Å². The van der Waals surface area contributed by atoms with Gasteiger partial charge in [0.2, 0.25) is 0 Å². The minimum Gasteiger partial charge on any atom is -0.457 e. The van der Waals surface area contributed by atoms with Crippen LogP contribution in [-0.2, 0) is 27.9 Å². The zero-order valence-electron chi connectivity index (χ0n) is 34.9. The van der Waals surface area contributed by atoms with Gasteiger partial charge in [-0.25, -0.2) is 4.57 Å². The van der Waals surface area contributed by atoms with E-state index in [2.05, 4.69) is 38.2 Å². The maximum absolute atomic E-state index is 12.8. The summed E-state index contributed by atoms with van der Waals surface area (Å²) < 4.78 is 34.1. The van der Waals surface area contributed by atoms with Gasteiger partial charge < -0.3 is 39.9 Å². The second-order valence-corrected chi connectivity index (χ2v) is 17.0. The quantitative estimate of drug-likeness (QED) is 0.0152. The van der Waals surface area contributed by atoms with E-state index in [1.165, 1.54) is 96.3 Å². The molecule has 6 atom stereocenters. The van der Waals surface area contributed by atoms with Crippen molar-refractivity contribution in [2.24, 2.45) is 0 Å². The Hall–Kier alpha value is -1.18. The molecule has 1 aliphatic rings. The molecule has 1 fully saturated rings. The van der Waals surface area contributed by atoms with Crippen molar-refractivity contribution < 1.29 is 58.3 Å². The normalized spacial score (nSPS) is 23.2. The topological polar surface area (TPSA) is 192 Å². The van der Waals surface area contributed by atoms with E-state index in [1.807, 2.05) is 0 Å². The van der Waals surface area contributed by atoms with Crippen molar-refractivity contribution in [3.05, 3.63) is 24.3 Å². The molecule has 1 saturated carbocycles. The summed E-state index contributed by atoms with van der Waals surface area (Å²) in [6.07, 6.45) is 25.3. The van der Waals surface area contributed by atoms with Gasteiger partial charge in [0.1, 0.15) is 42.7 Å². The number of rotatable bonds is 37. The fourth-order valence-corrected chi connectivity index (χ4v) is 7.71. The van der Waals surface area contributed by atoms with Crippen LogP contribution in [0, 0.1) is 0 Å². The van der Waals surface area contributed by atoms with E-state index in [1.54, 1.807) is 0 Å². The molecule has 0 aromatic rings. The standard InChI is InChI=1S/C43H81O12P/c1-3-5-7-9-11-13-15-17-18-19-20-21-23-25-27-29-31-33-52-34-36(54-37(44)32-30-28-26-24-22-16-14-12-10-8-6-4-2)35-53-56(50,51)55-43-41(48)39(46)38(45)40(47)42(43)49/h13,15,18-19,36,38-43,45-49H,3-12,14,16-17,20-35H2,1-2H3,(H,50,51)/b15-13-,19-18-. The van der Waals surface area contributed by atoms with Crippen LogP contribution >= 0.6 is 7.82 Å². The molecule has 0 spiro atoms. The van der Waals surface area contributed by atoms with E-state index >= 15 is 0 Å². The summed E-state index contributed by atoms with van der Waals surface area (Å²) in [6, 6.07) is 0. The molecule has 6 N–H and O–H groups in total. The fourth-order valence-electron chi connectivity index (χ4n) is 6.74. The first-order valence-electron chi connectivity index (χ1n) is 22.2. The van der Waals surface area contributed by atoms with Crippen LogP contribution in [0.5, 0.6) is 0 Å². The second kappa shape index (κ2) is 34.7. The van der Waals surface area contributed by atoms with Crippen LogP contribution in [0.4, 0.5) is 0 Å². The first-order chi connectivity index (χ1) is 27.0. The number of esters is 1. The van der Waals surface area contributed by atoms with Crippen LogP contribution in [0.3, 0.4) is 0 Å². The Bertz CT molecular complexity index is 1030. The highest BCUT2D eigenvalue weighted by Crippen LogP contribution is 2.47. The Morgan fingerprint density at radius 1 is 0.571 bits per heavy atom. The van der Waals surface area contributed by atoms with Crippen LogP contribution < -0.4 is 0 Å². The van der Waals surface area contributed by atoms with Crippen LogP contribution in [0.15, 0.2) is 24.3 Å². The maximum atomic E-state index is 12.8. The van der Waals surface area contributed by atoms with Crippen molar-refractivity contribution in [1.82, 2.24) is 0 Å². The van der Waals surface area contributed by atoms with Crippen LogP contribution in [0.25, 0.3) is 0 Å². The number of phosphoric ester groups is 1. The second-order valence-electron chi connectivity index (χ2n) is 15.6. The van der Waals surface area contributed by atoms with E-state index in [0.29, 0.717) is 13.0 Å². The van der Waals surface area contributed by atoms with Gasteiger partial charge >= 0.3 is 13.8 Å². The number of aliphatic hydroxyl groups excluding tert-OH is 5. The van der Waals surface area contributed by atoms with E-state index in [9.17, 15) is 39.8 Å². The first-order valence-corrected chi connectivity index (χ1v) is 23.7. The zero-order chi connectivity index (χ0) is 41.3. The van der Waals surface area contributed by atoms with Crippen molar-refractivity contribution in [3.63, 3.8) is 0 Å². The van der Waals surface area contributed by atoms with Crippen molar-refractivity contribution >= 4 is 13.8 Å². The minimum atomic E-state index is -5.01. The molecule has 0 bridgehead atoms. The Kier molecular flexibility index (Phi) is 32.7. The van der Waals surface area contributed by atoms with Gasteiger partial charge in [0.15, 0.2) is 0 Å². The summed E-state index contributed by atoms with van der Waals surface area (Å²) in [5, 5.41) is 50.1. The molecule has 56 heavy (non-hydrogen) atoms. The minimum absolute atomic E-state index is 0.0805. The molecule has 1 rings (SSSR count). The summed E-state index contributed by atoms with van der Waals surface area (Å²) in [7, 11) is -5.01. The summed E-state index contributed by atoms with van der Waals surface area (Å²) >= 11 is 0. The van der Waals surface area contributed by atoms with Gasteiger partial charge in [-0.2, -0.15) is 0 Å². The average Bonchev–Trinajstić information content (AvgIpc) is 3.18. The number of allylic oxidation sites excluding steroid dienone is 4. The van der Waals surface area contributed by atoms with Gasteiger partial charge in [0, 0.05) is 13.0 Å². The number of unbranched alkanes of at least 4 members (excludes halogenated alkanes) is 21. The number of aliphatic hydroxyl groups is 5. The molecule has 0 aromatic carbocycles. The smallest absolute Gasteiger partial charge is 0.457 e. The van der Waals surface area contributed by atoms with Crippen LogP contribution in [-0.4, -0.2) is 98.9 Å². The molecule has 0 saturated heterocycles. The average molecular weight is 821 g/mol. The number of hydrogen-bond donors (Lipinski definition) is 6. The lowest BCUT2D eigenvalue weighted by Crippen LogP contribution is -2.64. The van der Waals surface area contributed by atoms with Crippen LogP contribution in [0.2, 0.25) is 0 Å². The number of carbonyl (C=O) groups excluding carboxylic acids is 1. The third-order valence-electron chi connectivity index (χ3n) is 10.3. The molecule has 330 valence electrons. The maximum Gasteiger partial charge on any atom is 0.472 e. The number of hydrogen-bond acceptors (Lipinski definition) is 11. The molecule has 6 unspecified atom stereocenters. The first kappa shape index (κ1) is 52.8. The van der Waals surface area contributed by atoms with Crippen LogP contribution in [0.1, 0.15) is 181 Å². The molecule has 0 aromatic heterocycles. The monoisotopic (exact) mass is 821 g/mol. The van der Waals surface area contributed by atoms with Gasteiger partial charge in [0.25, 0.3) is 0 Å². The molecule has 0 aliphatic heterocycles. The summed E-state index contributed by atoms with van der Waals surface area (Å²) in [6.45, 7) is 4.21. The van der Waals surface area contributed by atoms with Gasteiger partial charge in [-0.1, -0.05) is 154 Å². The molecule has 0 amide bonds. The zero-order valence-corrected chi connectivity index (χ0v) is 35.8. The highest BCUT2D eigenvalue weighted by Gasteiger charge is 2.51. The third kappa shape index (κ3) is 26.7. The molecular weight excluding hydrogens is 739 g/mol. The Morgan fingerprint density at radius 2 is 1.00 bits per heavy atom. The Balaban J connectivity index is 2.41. The van der Waals surface area contributed by atoms with Gasteiger partial charge in [-0.05, 0) is 44.9 Å². The number of phosphoric acid groups is 1. The molecule has 1 aliphatic carbocycles. The van der Waals surface area contributed by atoms with E-state index < -0.39 is 63.1 Å². The predicted molar refractivity (Wildman–Crippen MR) is 221 cm³/mol. The van der Waals surface area contributed by atoms with E-state index in [0.717, 1.165) is 57.8 Å². The summed E-state index contributed by atoms with van der Waals surface area (Å²) in [4.78, 5) is 23.1. The lowest BCUT2D eigenvalue weighted by Gasteiger charge is -2.41.